The van der Waals surface area contributed by atoms with Crippen LogP contribution in [0.4, 0.5) is 0 Å². The van der Waals surface area contributed by atoms with Gasteiger partial charge >= 0.3 is 0 Å². The van der Waals surface area contributed by atoms with E-state index in [-0.39, 0.29) is 11.9 Å². The molecule has 0 spiro atoms. The highest BCUT2D eigenvalue weighted by atomic mass is 32.2. The first-order valence-electron chi connectivity index (χ1n) is 10.7. The lowest BCUT2D eigenvalue weighted by Gasteiger charge is -2.37. The van der Waals surface area contributed by atoms with Gasteiger partial charge in [0.15, 0.2) is 0 Å². The maximum absolute atomic E-state index is 13.5. The molecule has 1 amide bonds. The fraction of sp³-hybridized carbons (Fsp3) is 0.667. The Morgan fingerprint density at radius 2 is 1.52 bits per heavy atom. The molecule has 3 rings (SSSR count). The summed E-state index contributed by atoms with van der Waals surface area (Å²) in [6, 6.07) is 2.88. The third-order valence-electron chi connectivity index (χ3n) is 6.47. The van der Waals surface area contributed by atoms with Crippen molar-refractivity contribution in [1.82, 2.24) is 13.5 Å². The first-order chi connectivity index (χ1) is 14.3. The van der Waals surface area contributed by atoms with Crippen molar-refractivity contribution in [2.24, 2.45) is 0 Å². The molecule has 2 saturated heterocycles. The van der Waals surface area contributed by atoms with E-state index in [2.05, 4.69) is 0 Å². The molecule has 1 unspecified atom stereocenters. The Kier molecular flexibility index (Phi) is 6.86. The summed E-state index contributed by atoms with van der Waals surface area (Å²) < 4.78 is 53.4. The van der Waals surface area contributed by atoms with Crippen molar-refractivity contribution in [2.75, 3.05) is 32.9 Å². The highest BCUT2D eigenvalue weighted by molar-refractivity contribution is 7.89. The molecule has 8 nitrogen and oxygen atoms in total. The molecule has 1 atom stereocenters. The molecule has 2 heterocycles. The number of aryl methyl sites for hydroxylation is 3. The summed E-state index contributed by atoms with van der Waals surface area (Å²) >= 11 is 0. The van der Waals surface area contributed by atoms with Crippen LogP contribution < -0.4 is 0 Å². The fourth-order valence-corrected chi connectivity index (χ4v) is 7.72. The van der Waals surface area contributed by atoms with Crippen LogP contribution in [0, 0.1) is 20.8 Å². The zero-order valence-corrected chi connectivity index (χ0v) is 20.6. The van der Waals surface area contributed by atoms with Gasteiger partial charge in [-0.25, -0.2) is 21.1 Å². The van der Waals surface area contributed by atoms with Crippen LogP contribution in [0.2, 0.25) is 0 Å². The smallest absolute Gasteiger partial charge is 0.244 e. The number of carbonyl (C=O) groups excluding carboxylic acids is 1. The van der Waals surface area contributed by atoms with Crippen LogP contribution in [-0.2, 0) is 24.8 Å². The van der Waals surface area contributed by atoms with E-state index < -0.39 is 26.1 Å². The fourth-order valence-electron chi connectivity index (χ4n) is 4.90. The lowest BCUT2D eigenvalue weighted by Crippen LogP contribution is -2.52. The van der Waals surface area contributed by atoms with Crippen LogP contribution in [0.1, 0.15) is 42.4 Å². The van der Waals surface area contributed by atoms with E-state index in [4.69, 9.17) is 0 Å². The largest absolute Gasteiger partial charge is 0.341 e. The van der Waals surface area contributed by atoms with E-state index in [0.717, 1.165) is 5.56 Å². The van der Waals surface area contributed by atoms with Gasteiger partial charge < -0.3 is 4.90 Å². The number of sulfonamides is 2. The van der Waals surface area contributed by atoms with Gasteiger partial charge in [-0.2, -0.15) is 4.31 Å². The van der Waals surface area contributed by atoms with Gasteiger partial charge in [0.05, 0.1) is 11.2 Å². The lowest BCUT2D eigenvalue weighted by molar-refractivity contribution is -0.135. The van der Waals surface area contributed by atoms with Gasteiger partial charge in [-0.1, -0.05) is 17.7 Å². The van der Waals surface area contributed by atoms with Crippen molar-refractivity contribution in [3.05, 3.63) is 28.8 Å². The lowest BCUT2D eigenvalue weighted by atomic mass is 10.0. The standard InChI is InChI=1S/C21H33N3O5S2/c1-15-13-16(2)20(17(3)14-15)31(28,29)24-10-6-7-19(24)21(25)23-11-8-18(9-12-23)22(4)30(5,26)27/h13-14,18-19H,6-12H2,1-5H3. The van der Waals surface area contributed by atoms with Gasteiger partial charge in [0.2, 0.25) is 26.0 Å². The van der Waals surface area contributed by atoms with Crippen molar-refractivity contribution in [3.63, 3.8) is 0 Å². The Morgan fingerprint density at radius 1 is 0.968 bits per heavy atom. The molecule has 2 aliphatic heterocycles. The predicted octanol–water partition coefficient (Wildman–Crippen LogP) is 1.65. The first-order valence-corrected chi connectivity index (χ1v) is 13.9. The number of piperidine rings is 1. The molecule has 0 aliphatic carbocycles. The molecule has 31 heavy (non-hydrogen) atoms. The number of benzene rings is 1. The number of rotatable bonds is 5. The number of amides is 1. The molecular weight excluding hydrogens is 438 g/mol. The number of hydrogen-bond donors (Lipinski definition) is 0. The van der Waals surface area contributed by atoms with Gasteiger partial charge in [-0.15, -0.1) is 0 Å². The minimum atomic E-state index is -3.79. The van der Waals surface area contributed by atoms with Crippen molar-refractivity contribution in [3.8, 4) is 0 Å². The molecule has 1 aromatic carbocycles. The van der Waals surface area contributed by atoms with Crippen molar-refractivity contribution >= 4 is 26.0 Å². The Morgan fingerprint density at radius 3 is 2.03 bits per heavy atom. The van der Waals surface area contributed by atoms with Crippen molar-refractivity contribution in [1.29, 1.82) is 0 Å². The number of carbonyl (C=O) groups is 1. The maximum Gasteiger partial charge on any atom is 0.244 e. The summed E-state index contributed by atoms with van der Waals surface area (Å²) in [5, 5.41) is 0. The molecule has 0 bridgehead atoms. The molecule has 1 aromatic rings. The van der Waals surface area contributed by atoms with Crippen molar-refractivity contribution < 1.29 is 21.6 Å². The summed E-state index contributed by atoms with van der Waals surface area (Å²) in [4.78, 5) is 15.3. The second-order valence-corrected chi connectivity index (χ2v) is 12.7. The van der Waals surface area contributed by atoms with E-state index in [1.165, 1.54) is 14.9 Å². The van der Waals surface area contributed by atoms with Gasteiger partial charge in [0.25, 0.3) is 0 Å². The van der Waals surface area contributed by atoms with Crippen LogP contribution >= 0.6 is 0 Å². The monoisotopic (exact) mass is 471 g/mol. The van der Waals surface area contributed by atoms with Gasteiger partial charge in [-0.3, -0.25) is 4.79 Å². The molecule has 174 valence electrons. The first kappa shape index (κ1) is 24.2. The minimum Gasteiger partial charge on any atom is -0.341 e. The molecule has 0 radical (unpaired) electrons. The third kappa shape index (κ3) is 4.81. The zero-order chi connectivity index (χ0) is 23.1. The summed E-state index contributed by atoms with van der Waals surface area (Å²) in [5.74, 6) is -0.177. The minimum absolute atomic E-state index is 0.139. The second kappa shape index (κ2) is 8.80. The second-order valence-electron chi connectivity index (χ2n) is 8.84. The highest BCUT2D eigenvalue weighted by Gasteiger charge is 2.43. The van der Waals surface area contributed by atoms with Crippen LogP contribution in [0.3, 0.4) is 0 Å². The quantitative estimate of drug-likeness (QED) is 0.651. The van der Waals surface area contributed by atoms with E-state index in [1.54, 1.807) is 25.8 Å². The van der Waals surface area contributed by atoms with E-state index >= 15 is 0 Å². The van der Waals surface area contributed by atoms with Gasteiger partial charge in [0.1, 0.15) is 6.04 Å². The average molecular weight is 472 g/mol. The molecule has 0 saturated carbocycles. The van der Waals surface area contributed by atoms with Gasteiger partial charge in [-0.05, 0) is 57.6 Å². The molecule has 2 aliphatic rings. The Bertz CT molecular complexity index is 1040. The summed E-state index contributed by atoms with van der Waals surface area (Å²) in [7, 11) is -5.51. The van der Waals surface area contributed by atoms with Crippen LogP contribution in [0.15, 0.2) is 17.0 Å². The molecular formula is C21H33N3O5S2. The van der Waals surface area contributed by atoms with Crippen LogP contribution in [-0.4, -0.2) is 81.3 Å². The topological polar surface area (TPSA) is 95.1 Å². The number of hydrogen-bond acceptors (Lipinski definition) is 5. The summed E-state index contributed by atoms with van der Waals surface area (Å²) in [6.07, 6.45) is 3.43. The van der Waals surface area contributed by atoms with Gasteiger partial charge in [0, 0.05) is 32.7 Å². The van der Waals surface area contributed by atoms with E-state index in [0.29, 0.717) is 61.3 Å². The number of nitrogens with zero attached hydrogens (tertiary/aromatic N) is 3. The molecule has 10 heteroatoms. The Balaban J connectivity index is 1.77. The SMILES string of the molecule is Cc1cc(C)c(S(=O)(=O)N2CCCC2C(=O)N2CCC(N(C)S(C)(=O)=O)CC2)c(C)c1. The van der Waals surface area contributed by atoms with Crippen LogP contribution in [0.25, 0.3) is 0 Å². The number of likely N-dealkylation sites (tertiary alicyclic amines) is 1. The van der Waals surface area contributed by atoms with E-state index in [9.17, 15) is 21.6 Å². The van der Waals surface area contributed by atoms with Crippen molar-refractivity contribution in [2.45, 2.75) is 63.4 Å². The molecule has 2 fully saturated rings. The molecule has 0 N–H and O–H groups in total. The Labute approximate surface area is 186 Å². The third-order valence-corrected chi connectivity index (χ3v) is 10.0. The maximum atomic E-state index is 13.5. The van der Waals surface area contributed by atoms with E-state index in [1.807, 2.05) is 19.1 Å². The Hall–Kier alpha value is -1.49. The predicted molar refractivity (Wildman–Crippen MR) is 120 cm³/mol. The zero-order valence-electron chi connectivity index (χ0n) is 19.0. The normalized spacial score (nSPS) is 21.7. The highest BCUT2D eigenvalue weighted by Crippen LogP contribution is 2.32. The average Bonchev–Trinajstić information content (AvgIpc) is 3.16. The molecule has 0 aromatic heterocycles. The van der Waals surface area contributed by atoms with Crippen LogP contribution in [0.5, 0.6) is 0 Å². The summed E-state index contributed by atoms with van der Waals surface area (Å²) in [5.41, 5.74) is 2.39. The summed E-state index contributed by atoms with van der Waals surface area (Å²) in [6.45, 7) is 6.71.